The van der Waals surface area contributed by atoms with Crippen molar-refractivity contribution in [2.45, 2.75) is 72.0 Å². The van der Waals surface area contributed by atoms with E-state index >= 15 is 0 Å². The lowest BCUT2D eigenvalue weighted by molar-refractivity contribution is -0.206. The first-order valence-electron chi connectivity index (χ1n) is 10.7. The van der Waals surface area contributed by atoms with Gasteiger partial charge in [-0.2, -0.15) is 5.11 Å². The lowest BCUT2D eigenvalue weighted by Gasteiger charge is -2.61. The first kappa shape index (κ1) is 21.9. The first-order valence-corrected chi connectivity index (χ1v) is 10.7. The maximum absolute atomic E-state index is 13.2. The molecule has 3 N–H and O–H groups in total. The third kappa shape index (κ3) is 3.13. The Hall–Kier alpha value is -1.76. The molecule has 29 heavy (non-hydrogen) atoms. The molecule has 0 aromatic heterocycles. The predicted molar refractivity (Wildman–Crippen MR) is 109 cm³/mol. The Morgan fingerprint density at radius 2 is 2.07 bits per heavy atom. The number of ether oxygens (including phenoxy) is 1. The van der Waals surface area contributed by atoms with Gasteiger partial charge >= 0.3 is 5.97 Å². The summed E-state index contributed by atoms with van der Waals surface area (Å²) in [4.78, 5) is 25.7. The Morgan fingerprint density at radius 1 is 1.38 bits per heavy atom. The smallest absolute Gasteiger partial charge is 0.330 e. The third-order valence-corrected chi connectivity index (χ3v) is 8.86. The third-order valence-electron chi connectivity index (χ3n) is 8.86. The van der Waals surface area contributed by atoms with Crippen molar-refractivity contribution in [3.63, 3.8) is 0 Å². The van der Waals surface area contributed by atoms with Crippen LogP contribution in [0.5, 0.6) is 0 Å². The number of esters is 1. The second-order valence-corrected chi connectivity index (χ2v) is 9.98. The van der Waals surface area contributed by atoms with E-state index in [-0.39, 0.29) is 35.5 Å². The second kappa shape index (κ2) is 7.49. The maximum atomic E-state index is 13.2. The zero-order chi connectivity index (χ0) is 21.6. The summed E-state index contributed by atoms with van der Waals surface area (Å²) in [6.07, 6.45) is 4.15. The summed E-state index contributed by atoms with van der Waals surface area (Å²) in [6.45, 7) is 12.1. The molecular formula is C22H35N3O4. The lowest BCUT2D eigenvalue weighted by atomic mass is 9.44. The average Bonchev–Trinajstić information content (AvgIpc) is 3.05. The van der Waals surface area contributed by atoms with E-state index in [1.165, 1.54) is 0 Å². The number of carbonyl (C=O) groups excluding carboxylic acids is 2. The fourth-order valence-corrected chi connectivity index (χ4v) is 6.80. The average molecular weight is 406 g/mol. The molecule has 0 aromatic carbocycles. The summed E-state index contributed by atoms with van der Waals surface area (Å²) >= 11 is 0. The molecule has 0 heterocycles. The minimum Gasteiger partial charge on any atom is -0.460 e. The van der Waals surface area contributed by atoms with E-state index in [1.54, 1.807) is 6.08 Å². The quantitative estimate of drug-likeness (QED) is 0.245. The van der Waals surface area contributed by atoms with Gasteiger partial charge in [0, 0.05) is 23.2 Å². The number of carbonyl (C=O) groups is 2. The van der Waals surface area contributed by atoms with Crippen molar-refractivity contribution in [1.82, 2.24) is 0 Å². The number of hydrogen-bond donors (Lipinski definition) is 2. The minimum atomic E-state index is -0.670. The molecule has 3 saturated carbocycles. The highest BCUT2D eigenvalue weighted by atomic mass is 16.5. The number of aliphatic hydroxyl groups excluding tert-OH is 1. The van der Waals surface area contributed by atoms with Gasteiger partial charge in [-0.3, -0.25) is 4.79 Å². The topological polar surface area (TPSA) is 114 Å². The van der Waals surface area contributed by atoms with Crippen LogP contribution in [-0.2, 0) is 14.3 Å². The zero-order valence-electron chi connectivity index (χ0n) is 18.1. The molecule has 3 fully saturated rings. The van der Waals surface area contributed by atoms with Gasteiger partial charge in [0.15, 0.2) is 6.54 Å². The van der Waals surface area contributed by atoms with Gasteiger partial charge in [0.1, 0.15) is 11.9 Å². The van der Waals surface area contributed by atoms with Crippen LogP contribution in [0.25, 0.3) is 0 Å². The van der Waals surface area contributed by atoms with E-state index in [4.69, 9.17) is 10.6 Å². The molecule has 8 atom stereocenters. The van der Waals surface area contributed by atoms with Gasteiger partial charge in [0.2, 0.25) is 0 Å². The van der Waals surface area contributed by atoms with Gasteiger partial charge in [-0.25, -0.2) is 4.79 Å². The summed E-state index contributed by atoms with van der Waals surface area (Å²) in [7, 11) is 0. The fraction of sp³-hybridized carbons (Fsp3) is 0.818. The van der Waals surface area contributed by atoms with Crippen molar-refractivity contribution in [3.8, 4) is 0 Å². The molecule has 0 radical (unpaired) electrons. The van der Waals surface area contributed by atoms with Gasteiger partial charge in [0.25, 0.3) is 0 Å². The lowest BCUT2D eigenvalue weighted by Crippen LogP contribution is -2.63. The Bertz CT molecular complexity index is 725. The molecule has 0 amide bonds. The first-order chi connectivity index (χ1) is 13.6. The van der Waals surface area contributed by atoms with Crippen LogP contribution in [0, 0.1) is 34.0 Å². The minimum absolute atomic E-state index is 0.0449. The molecule has 7 nitrogen and oxygen atoms in total. The van der Waals surface area contributed by atoms with Crippen LogP contribution in [0.2, 0.25) is 0 Å². The Labute approximate surface area is 173 Å². The number of Topliss-reactive ketones (excluding diaryl/α,β-unsaturated/α-hetero) is 1. The molecular weight excluding hydrogens is 370 g/mol. The van der Waals surface area contributed by atoms with Crippen LogP contribution < -0.4 is 5.84 Å². The summed E-state index contributed by atoms with van der Waals surface area (Å²) < 4.78 is 5.96. The van der Waals surface area contributed by atoms with Crippen molar-refractivity contribution in [1.29, 1.82) is 0 Å². The van der Waals surface area contributed by atoms with E-state index < -0.39 is 29.0 Å². The van der Waals surface area contributed by atoms with Crippen LogP contribution in [0.1, 0.15) is 59.8 Å². The summed E-state index contributed by atoms with van der Waals surface area (Å²) in [6, 6.07) is 0. The highest BCUT2D eigenvalue weighted by Gasteiger charge is 2.68. The standard InChI is InChI=1S/C22H35N3O4/c1-6-20(4)11-16(29-17(27)12-24-25-23)21(5)13(2)7-9-22(14(3)19(20)28)10-8-15(26)18(21)22/h6,13-14,16,18-19,28H,1,7-12H2,2-5H3,(H2,23,24)/t13-,14+,16-,18+,19+,20-,21+,22+/m1/s1. The zero-order valence-corrected chi connectivity index (χ0v) is 18.1. The monoisotopic (exact) mass is 405 g/mol. The number of nitrogens with two attached hydrogens (primary N) is 1. The SMILES string of the molecule is C=C[C@]1(C)C[C@@H](OC(=O)CN=NN)[C@]2(C)[C@H](C)CC[C@]3(CCC(=O)[C@H]32)[C@@H](C)[C@@H]1O. The molecule has 0 unspecified atom stereocenters. The number of aliphatic hydroxyl groups is 1. The van der Waals surface area contributed by atoms with E-state index in [9.17, 15) is 14.7 Å². The molecule has 0 aromatic rings. The van der Waals surface area contributed by atoms with Gasteiger partial charge in [-0.05, 0) is 42.9 Å². The van der Waals surface area contributed by atoms with Crippen molar-refractivity contribution >= 4 is 11.8 Å². The number of nitrogens with zero attached hydrogens (tertiary/aromatic N) is 2. The molecule has 7 heteroatoms. The van der Waals surface area contributed by atoms with Gasteiger partial charge in [-0.1, -0.05) is 39.0 Å². The number of hydrogen-bond acceptors (Lipinski definition) is 6. The highest BCUT2D eigenvalue weighted by molar-refractivity contribution is 5.85. The van der Waals surface area contributed by atoms with Crippen LogP contribution >= 0.6 is 0 Å². The van der Waals surface area contributed by atoms with E-state index in [0.29, 0.717) is 12.8 Å². The molecule has 3 aliphatic carbocycles. The molecule has 162 valence electrons. The normalized spacial score (nSPS) is 47.3. The molecule has 3 rings (SSSR count). The summed E-state index contributed by atoms with van der Waals surface area (Å²) in [5.74, 6) is 4.68. The van der Waals surface area contributed by atoms with Crippen molar-refractivity contribution in [2.75, 3.05) is 6.54 Å². The van der Waals surface area contributed by atoms with Crippen molar-refractivity contribution < 1.29 is 19.4 Å². The Kier molecular flexibility index (Phi) is 5.67. The van der Waals surface area contributed by atoms with Crippen LogP contribution in [-0.4, -0.2) is 35.6 Å². The molecule has 0 spiro atoms. The fourth-order valence-electron chi connectivity index (χ4n) is 6.80. The van der Waals surface area contributed by atoms with Crippen LogP contribution in [0.15, 0.2) is 23.0 Å². The molecule has 2 bridgehead atoms. The largest absolute Gasteiger partial charge is 0.460 e. The summed E-state index contributed by atoms with van der Waals surface area (Å²) in [5.41, 5.74) is -1.42. The van der Waals surface area contributed by atoms with E-state index in [1.807, 2.05) is 6.92 Å². The van der Waals surface area contributed by atoms with Gasteiger partial charge < -0.3 is 15.7 Å². The van der Waals surface area contributed by atoms with Gasteiger partial charge in [-0.15, -0.1) is 6.58 Å². The molecule has 0 aliphatic heterocycles. The number of ketones is 1. The predicted octanol–water partition coefficient (Wildman–Crippen LogP) is 3.22. The van der Waals surface area contributed by atoms with Gasteiger partial charge in [0.05, 0.1) is 6.10 Å². The van der Waals surface area contributed by atoms with Crippen LogP contribution in [0.4, 0.5) is 0 Å². The molecule has 3 aliphatic rings. The highest BCUT2D eigenvalue weighted by Crippen LogP contribution is 2.67. The Morgan fingerprint density at radius 3 is 2.69 bits per heavy atom. The van der Waals surface area contributed by atoms with E-state index in [2.05, 4.69) is 37.7 Å². The van der Waals surface area contributed by atoms with Crippen molar-refractivity contribution in [2.24, 2.45) is 50.2 Å². The molecule has 0 saturated heterocycles. The van der Waals surface area contributed by atoms with Crippen LogP contribution in [0.3, 0.4) is 0 Å². The summed E-state index contributed by atoms with van der Waals surface area (Å²) in [5, 5.41) is 18.1. The maximum Gasteiger partial charge on any atom is 0.330 e. The number of rotatable bonds is 4. The Balaban J connectivity index is 2.14. The second-order valence-electron chi connectivity index (χ2n) is 9.98. The van der Waals surface area contributed by atoms with E-state index in [0.717, 1.165) is 19.3 Å². The van der Waals surface area contributed by atoms with Crippen molar-refractivity contribution in [3.05, 3.63) is 12.7 Å².